The lowest BCUT2D eigenvalue weighted by Gasteiger charge is -2.29. The van der Waals surface area contributed by atoms with Crippen LogP contribution < -0.4 is 0 Å². The summed E-state index contributed by atoms with van der Waals surface area (Å²) in [5.74, 6) is 0.434. The molecule has 0 radical (unpaired) electrons. The van der Waals surface area contributed by atoms with E-state index in [-0.39, 0.29) is 6.10 Å². The molecule has 1 heterocycles. The molecule has 3 rings (SSSR count). The molecule has 1 atom stereocenters. The van der Waals surface area contributed by atoms with Gasteiger partial charge in [-0.25, -0.2) is 4.68 Å². The Balaban J connectivity index is 1.82. The van der Waals surface area contributed by atoms with Gasteiger partial charge in [-0.3, -0.25) is 0 Å². The van der Waals surface area contributed by atoms with Gasteiger partial charge in [-0.05, 0) is 30.9 Å². The number of para-hydroxylation sites is 1. The monoisotopic (exact) mass is 228 g/mol. The van der Waals surface area contributed by atoms with Gasteiger partial charge in [0.25, 0.3) is 0 Å². The highest BCUT2D eigenvalue weighted by Crippen LogP contribution is 2.37. The van der Waals surface area contributed by atoms with E-state index in [4.69, 9.17) is 0 Å². The van der Waals surface area contributed by atoms with Crippen molar-refractivity contribution in [2.24, 2.45) is 5.92 Å². The van der Waals surface area contributed by atoms with E-state index in [1.54, 1.807) is 6.20 Å². The van der Waals surface area contributed by atoms with E-state index in [1.165, 1.54) is 6.42 Å². The maximum atomic E-state index is 10.1. The van der Waals surface area contributed by atoms with E-state index in [0.29, 0.717) is 5.92 Å². The van der Waals surface area contributed by atoms with E-state index in [0.717, 1.165) is 24.1 Å². The van der Waals surface area contributed by atoms with Crippen LogP contribution >= 0.6 is 0 Å². The molecule has 1 fully saturated rings. The highest BCUT2D eigenvalue weighted by Gasteiger charge is 2.27. The van der Waals surface area contributed by atoms with Crippen LogP contribution in [0.2, 0.25) is 0 Å². The summed E-state index contributed by atoms with van der Waals surface area (Å²) in [4.78, 5) is 0. The van der Waals surface area contributed by atoms with Crippen molar-refractivity contribution in [3.63, 3.8) is 0 Å². The second-order valence-electron chi connectivity index (χ2n) is 4.69. The van der Waals surface area contributed by atoms with Crippen LogP contribution in [0.3, 0.4) is 0 Å². The van der Waals surface area contributed by atoms with Crippen LogP contribution in [0.5, 0.6) is 0 Å². The zero-order valence-corrected chi connectivity index (χ0v) is 9.66. The van der Waals surface area contributed by atoms with Gasteiger partial charge in [0, 0.05) is 11.8 Å². The first-order valence-corrected chi connectivity index (χ1v) is 6.12. The lowest BCUT2D eigenvalue weighted by Crippen LogP contribution is -2.19. The Morgan fingerprint density at radius 3 is 2.65 bits per heavy atom. The summed E-state index contributed by atoms with van der Waals surface area (Å²) in [7, 11) is 0. The maximum absolute atomic E-state index is 10.1. The molecule has 1 aromatic carbocycles. The summed E-state index contributed by atoms with van der Waals surface area (Å²) < 4.78 is 1.82. The van der Waals surface area contributed by atoms with Gasteiger partial charge in [0.05, 0.1) is 18.0 Å². The molecule has 1 saturated carbocycles. The number of aliphatic hydroxyl groups excluding tert-OH is 1. The summed E-state index contributed by atoms with van der Waals surface area (Å²) >= 11 is 0. The van der Waals surface area contributed by atoms with Gasteiger partial charge in [0.15, 0.2) is 0 Å². The fourth-order valence-corrected chi connectivity index (χ4v) is 2.24. The molecule has 0 amide bonds. The van der Waals surface area contributed by atoms with E-state index < -0.39 is 0 Å². The molecule has 17 heavy (non-hydrogen) atoms. The van der Waals surface area contributed by atoms with Crippen molar-refractivity contribution in [2.45, 2.75) is 25.4 Å². The van der Waals surface area contributed by atoms with Crippen molar-refractivity contribution in [3.05, 3.63) is 48.3 Å². The van der Waals surface area contributed by atoms with Gasteiger partial charge in [-0.15, -0.1) is 0 Å². The topological polar surface area (TPSA) is 38.1 Å². The SMILES string of the molecule is OC(c1cnn(-c2ccccc2)c1)C1CCC1. The summed E-state index contributed by atoms with van der Waals surface area (Å²) in [5.41, 5.74) is 1.96. The summed E-state index contributed by atoms with van der Waals surface area (Å²) in [6.45, 7) is 0. The van der Waals surface area contributed by atoms with Crippen LogP contribution in [0.15, 0.2) is 42.7 Å². The molecule has 0 bridgehead atoms. The van der Waals surface area contributed by atoms with E-state index in [2.05, 4.69) is 5.10 Å². The number of hydrogen-bond acceptors (Lipinski definition) is 2. The fourth-order valence-electron chi connectivity index (χ4n) is 2.24. The zero-order chi connectivity index (χ0) is 11.7. The van der Waals surface area contributed by atoms with Gasteiger partial charge in [0.1, 0.15) is 0 Å². The van der Waals surface area contributed by atoms with E-state index in [1.807, 2.05) is 41.2 Å². The Morgan fingerprint density at radius 1 is 1.24 bits per heavy atom. The third kappa shape index (κ3) is 1.98. The highest BCUT2D eigenvalue weighted by atomic mass is 16.3. The van der Waals surface area contributed by atoms with Crippen LogP contribution in [0.4, 0.5) is 0 Å². The Morgan fingerprint density at radius 2 is 2.00 bits per heavy atom. The van der Waals surface area contributed by atoms with E-state index >= 15 is 0 Å². The smallest absolute Gasteiger partial charge is 0.0848 e. The molecule has 0 aliphatic heterocycles. The molecule has 88 valence electrons. The normalized spacial score (nSPS) is 17.7. The van der Waals surface area contributed by atoms with Crippen LogP contribution in [0, 0.1) is 5.92 Å². The average Bonchev–Trinajstić information content (AvgIpc) is 2.77. The number of hydrogen-bond donors (Lipinski definition) is 1. The number of aliphatic hydroxyl groups is 1. The van der Waals surface area contributed by atoms with Crippen molar-refractivity contribution >= 4 is 0 Å². The molecule has 0 spiro atoms. The number of rotatable bonds is 3. The largest absolute Gasteiger partial charge is 0.388 e. The molecule has 0 saturated heterocycles. The first kappa shape index (κ1) is 10.5. The minimum absolute atomic E-state index is 0.346. The van der Waals surface area contributed by atoms with Crippen molar-refractivity contribution in [2.75, 3.05) is 0 Å². The minimum Gasteiger partial charge on any atom is -0.388 e. The number of nitrogens with zero attached hydrogens (tertiary/aromatic N) is 2. The van der Waals surface area contributed by atoms with Crippen LogP contribution in [0.1, 0.15) is 30.9 Å². The van der Waals surface area contributed by atoms with Gasteiger partial charge < -0.3 is 5.11 Å². The molecule has 1 aliphatic carbocycles. The maximum Gasteiger partial charge on any atom is 0.0848 e. The Kier molecular flexibility index (Phi) is 2.69. The van der Waals surface area contributed by atoms with Gasteiger partial charge in [-0.1, -0.05) is 24.6 Å². The minimum atomic E-state index is -0.346. The molecule has 1 N–H and O–H groups in total. The fraction of sp³-hybridized carbons (Fsp3) is 0.357. The summed E-state index contributed by atoms with van der Waals surface area (Å²) in [5, 5.41) is 14.5. The summed E-state index contributed by atoms with van der Waals surface area (Å²) in [6.07, 6.45) is 6.87. The second kappa shape index (κ2) is 4.34. The number of benzene rings is 1. The quantitative estimate of drug-likeness (QED) is 0.877. The van der Waals surface area contributed by atoms with Crippen LogP contribution in [-0.4, -0.2) is 14.9 Å². The second-order valence-corrected chi connectivity index (χ2v) is 4.69. The standard InChI is InChI=1S/C14H16N2O/c17-14(11-5-4-6-11)12-9-15-16(10-12)13-7-2-1-3-8-13/h1-3,7-11,14,17H,4-6H2. The Hall–Kier alpha value is -1.61. The average molecular weight is 228 g/mol. The predicted octanol–water partition coefficient (Wildman–Crippen LogP) is 2.71. The van der Waals surface area contributed by atoms with Gasteiger partial charge in [0.2, 0.25) is 0 Å². The highest BCUT2D eigenvalue weighted by molar-refractivity contribution is 5.31. The molecule has 3 heteroatoms. The third-order valence-electron chi connectivity index (χ3n) is 3.56. The Bertz CT molecular complexity index is 488. The third-order valence-corrected chi connectivity index (χ3v) is 3.56. The summed E-state index contributed by atoms with van der Waals surface area (Å²) in [6, 6.07) is 9.97. The van der Waals surface area contributed by atoms with Crippen molar-refractivity contribution in [3.8, 4) is 5.69 Å². The first-order chi connectivity index (χ1) is 8.34. The molecular formula is C14H16N2O. The van der Waals surface area contributed by atoms with Gasteiger partial charge in [-0.2, -0.15) is 5.10 Å². The van der Waals surface area contributed by atoms with Crippen molar-refractivity contribution < 1.29 is 5.11 Å². The Labute approximate surface area is 101 Å². The van der Waals surface area contributed by atoms with Crippen LogP contribution in [-0.2, 0) is 0 Å². The molecule has 3 nitrogen and oxygen atoms in total. The molecule has 1 aromatic heterocycles. The lowest BCUT2D eigenvalue weighted by molar-refractivity contribution is 0.0621. The van der Waals surface area contributed by atoms with Gasteiger partial charge >= 0.3 is 0 Å². The molecular weight excluding hydrogens is 212 g/mol. The molecule has 1 aliphatic rings. The first-order valence-electron chi connectivity index (χ1n) is 6.12. The van der Waals surface area contributed by atoms with Crippen molar-refractivity contribution in [1.82, 2.24) is 9.78 Å². The zero-order valence-electron chi connectivity index (χ0n) is 9.66. The predicted molar refractivity (Wildman–Crippen MR) is 65.9 cm³/mol. The lowest BCUT2D eigenvalue weighted by atomic mass is 9.79. The molecule has 2 aromatic rings. The van der Waals surface area contributed by atoms with Crippen LogP contribution in [0.25, 0.3) is 5.69 Å². The van der Waals surface area contributed by atoms with Crippen molar-refractivity contribution in [1.29, 1.82) is 0 Å². The molecule has 1 unspecified atom stereocenters. The van der Waals surface area contributed by atoms with E-state index in [9.17, 15) is 5.11 Å². The number of aromatic nitrogens is 2.